The molecule has 1 aliphatic rings. The average molecular weight is 587 g/mol. The maximum atomic E-state index is 15.3. The first-order chi connectivity index (χ1) is 20.8. The lowest BCUT2D eigenvalue weighted by molar-refractivity contribution is -0.136. The highest BCUT2D eigenvalue weighted by molar-refractivity contribution is 6.39. The number of carbonyl (C=O) groups excluding carboxylic acids is 2. The Bertz CT molecular complexity index is 1610. The quantitative estimate of drug-likeness (QED) is 0.217. The number of carbonyl (C=O) groups is 2. The topological polar surface area (TPSA) is 111 Å². The van der Waals surface area contributed by atoms with Gasteiger partial charge in [0.1, 0.15) is 0 Å². The zero-order chi connectivity index (χ0) is 30.3. The summed E-state index contributed by atoms with van der Waals surface area (Å²) in [4.78, 5) is 29.5. The average Bonchev–Trinajstić information content (AvgIpc) is 3.01. The van der Waals surface area contributed by atoms with Crippen LogP contribution in [0.2, 0.25) is 0 Å². The Balaban J connectivity index is 1.31. The number of halogens is 1. The first-order valence-corrected chi connectivity index (χ1v) is 14.3. The number of hydrogen-bond donors (Lipinski definition) is 3. The Morgan fingerprint density at radius 3 is 2.51 bits per heavy atom. The molecule has 43 heavy (non-hydrogen) atoms. The number of fused-ring (bicyclic) bond motifs is 1. The van der Waals surface area contributed by atoms with Crippen LogP contribution in [0, 0.1) is 18.7 Å². The molecule has 0 unspecified atom stereocenters. The molecule has 0 bridgehead atoms. The molecule has 2 amide bonds. The van der Waals surface area contributed by atoms with Crippen molar-refractivity contribution in [3.63, 3.8) is 0 Å². The number of rotatable bonds is 9. The van der Waals surface area contributed by atoms with Crippen molar-refractivity contribution in [3.8, 4) is 23.0 Å². The van der Waals surface area contributed by atoms with E-state index in [1.54, 1.807) is 31.3 Å². The summed E-state index contributed by atoms with van der Waals surface area (Å²) in [7, 11) is 1.50. The van der Waals surface area contributed by atoms with E-state index < -0.39 is 17.6 Å². The molecular weight excluding hydrogens is 551 g/mol. The van der Waals surface area contributed by atoms with Gasteiger partial charge in [-0.2, -0.15) is 0 Å². The van der Waals surface area contributed by atoms with Crippen LogP contribution in [0.25, 0.3) is 10.9 Å². The number of aryl methyl sites for hydroxylation is 1. The summed E-state index contributed by atoms with van der Waals surface area (Å²) in [6.07, 6.45) is 3.68. The van der Waals surface area contributed by atoms with Crippen LogP contribution < -0.4 is 30.2 Å². The minimum Gasteiger partial charge on any atom is -0.490 e. The van der Waals surface area contributed by atoms with E-state index in [4.69, 9.17) is 14.2 Å². The third-order valence-electron chi connectivity index (χ3n) is 7.45. The fourth-order valence-electron chi connectivity index (χ4n) is 4.97. The highest BCUT2D eigenvalue weighted by Crippen LogP contribution is 2.45. The van der Waals surface area contributed by atoms with Crippen molar-refractivity contribution >= 4 is 28.4 Å². The monoisotopic (exact) mass is 586 g/mol. The highest BCUT2D eigenvalue weighted by atomic mass is 19.1. The van der Waals surface area contributed by atoms with Gasteiger partial charge >= 0.3 is 11.8 Å². The Hall–Kier alpha value is -4.70. The number of nitrogens with one attached hydrogen (secondary N) is 3. The number of pyridine rings is 1. The Morgan fingerprint density at radius 2 is 1.79 bits per heavy atom. The summed E-state index contributed by atoms with van der Waals surface area (Å²) in [5.41, 5.74) is 2.66. The van der Waals surface area contributed by atoms with Crippen molar-refractivity contribution in [2.45, 2.75) is 32.7 Å². The van der Waals surface area contributed by atoms with Gasteiger partial charge in [-0.05, 0) is 75.5 Å². The first kappa shape index (κ1) is 29.8. The van der Waals surface area contributed by atoms with Crippen LogP contribution in [0.3, 0.4) is 0 Å². The fraction of sp³-hybridized carbons (Fsp3) is 0.303. The number of hydrogen-bond acceptors (Lipinski definition) is 7. The Labute approximate surface area is 249 Å². The van der Waals surface area contributed by atoms with E-state index in [9.17, 15) is 9.59 Å². The van der Waals surface area contributed by atoms with E-state index in [0.29, 0.717) is 34.9 Å². The molecule has 2 heterocycles. The molecule has 0 saturated carbocycles. The SMILES string of the molecule is COc1c(OCC2CCNCC2)cc2ncccc2c1Oc1ccc(NC(=O)C(=O)N[C@H](C)c2ccc(C)cc2)cc1F. The minimum absolute atomic E-state index is 0.102. The minimum atomic E-state index is -0.913. The highest BCUT2D eigenvalue weighted by Gasteiger charge is 2.23. The predicted molar refractivity (Wildman–Crippen MR) is 162 cm³/mol. The summed E-state index contributed by atoms with van der Waals surface area (Å²) in [5, 5.41) is 9.06. The summed E-state index contributed by atoms with van der Waals surface area (Å²) < 4.78 is 33.3. The second-order valence-corrected chi connectivity index (χ2v) is 10.6. The maximum Gasteiger partial charge on any atom is 0.313 e. The van der Waals surface area contributed by atoms with E-state index in [-0.39, 0.29) is 23.2 Å². The fourth-order valence-corrected chi connectivity index (χ4v) is 4.97. The lowest BCUT2D eigenvalue weighted by Crippen LogP contribution is -2.36. The molecule has 5 rings (SSSR count). The third kappa shape index (κ3) is 7.21. The van der Waals surface area contributed by atoms with E-state index in [0.717, 1.165) is 43.1 Å². The summed E-state index contributed by atoms with van der Waals surface area (Å²) in [5.74, 6) is -1.15. The summed E-state index contributed by atoms with van der Waals surface area (Å²) in [6, 6.07) is 16.5. The normalized spacial score (nSPS) is 14.1. The molecular formula is C33H35FN4O5. The second kappa shape index (κ2) is 13.5. The molecule has 4 aromatic rings. The van der Waals surface area contributed by atoms with Crippen molar-refractivity contribution in [1.29, 1.82) is 0 Å². The molecule has 1 fully saturated rings. The van der Waals surface area contributed by atoms with Gasteiger partial charge < -0.3 is 30.2 Å². The van der Waals surface area contributed by atoms with Crippen LogP contribution in [0.15, 0.2) is 66.9 Å². The van der Waals surface area contributed by atoms with Gasteiger partial charge in [0.15, 0.2) is 23.1 Å². The van der Waals surface area contributed by atoms with Crippen molar-refractivity contribution < 1.29 is 28.2 Å². The van der Waals surface area contributed by atoms with Gasteiger partial charge in [0.2, 0.25) is 5.75 Å². The Kier molecular flexibility index (Phi) is 9.36. The molecule has 1 aromatic heterocycles. The molecule has 0 aliphatic carbocycles. The van der Waals surface area contributed by atoms with E-state index in [1.807, 2.05) is 31.2 Å². The van der Waals surface area contributed by atoms with Crippen LogP contribution in [0.1, 0.15) is 36.9 Å². The van der Waals surface area contributed by atoms with Crippen molar-refractivity contribution in [2.24, 2.45) is 5.92 Å². The largest absolute Gasteiger partial charge is 0.490 e. The lowest BCUT2D eigenvalue weighted by atomic mass is 9.99. The van der Waals surface area contributed by atoms with Crippen LogP contribution in [0.4, 0.5) is 10.1 Å². The third-order valence-corrected chi connectivity index (χ3v) is 7.45. The molecule has 0 radical (unpaired) electrons. The van der Waals surface area contributed by atoms with Crippen molar-refractivity contribution in [2.75, 3.05) is 32.1 Å². The molecule has 1 saturated heterocycles. The zero-order valence-corrected chi connectivity index (χ0v) is 24.4. The molecule has 10 heteroatoms. The van der Waals surface area contributed by atoms with Crippen molar-refractivity contribution in [3.05, 3.63) is 83.8 Å². The molecule has 224 valence electrons. The van der Waals surface area contributed by atoms with E-state index in [2.05, 4.69) is 20.9 Å². The first-order valence-electron chi connectivity index (χ1n) is 14.3. The van der Waals surface area contributed by atoms with Gasteiger partial charge in [-0.1, -0.05) is 29.8 Å². The van der Waals surface area contributed by atoms with Gasteiger partial charge in [-0.25, -0.2) is 4.39 Å². The number of aromatic nitrogens is 1. The van der Waals surface area contributed by atoms with Crippen LogP contribution in [0.5, 0.6) is 23.0 Å². The Morgan fingerprint density at radius 1 is 1.02 bits per heavy atom. The van der Waals surface area contributed by atoms with E-state index >= 15 is 4.39 Å². The van der Waals surface area contributed by atoms with Gasteiger partial charge in [0.05, 0.1) is 25.3 Å². The molecule has 0 spiro atoms. The van der Waals surface area contributed by atoms with Crippen molar-refractivity contribution in [1.82, 2.24) is 15.6 Å². The summed E-state index contributed by atoms with van der Waals surface area (Å²) >= 11 is 0. The number of anilines is 1. The number of benzene rings is 3. The number of nitrogens with zero attached hydrogens (tertiary/aromatic N) is 1. The van der Waals surface area contributed by atoms with Crippen LogP contribution in [-0.2, 0) is 9.59 Å². The molecule has 3 aromatic carbocycles. The second-order valence-electron chi connectivity index (χ2n) is 10.6. The standard InChI is InChI=1S/C33H35FN4O5/c1-20-6-8-23(9-7-20)21(2)37-32(39)33(40)38-24-10-11-28(26(34)17-24)43-30-25-5-4-14-36-27(25)18-29(31(30)41-3)42-19-22-12-15-35-16-13-22/h4-11,14,17-18,21-22,35H,12-13,15-16,19H2,1-3H3,(H,37,39)(H,38,40)/t21-/m1/s1. The number of ether oxygens (including phenoxy) is 3. The summed E-state index contributed by atoms with van der Waals surface area (Å²) in [6.45, 7) is 6.16. The molecule has 3 N–H and O–H groups in total. The number of methoxy groups -OCH3 is 1. The number of amides is 2. The van der Waals surface area contributed by atoms with Gasteiger partial charge in [-0.15, -0.1) is 0 Å². The smallest absolute Gasteiger partial charge is 0.313 e. The van der Waals surface area contributed by atoms with Crippen LogP contribution in [-0.4, -0.2) is 43.6 Å². The molecule has 1 atom stereocenters. The van der Waals surface area contributed by atoms with Gasteiger partial charge in [0.25, 0.3) is 0 Å². The lowest BCUT2D eigenvalue weighted by Gasteiger charge is -2.24. The molecule has 1 aliphatic heterocycles. The zero-order valence-electron chi connectivity index (χ0n) is 24.4. The van der Waals surface area contributed by atoms with Gasteiger partial charge in [-0.3, -0.25) is 14.6 Å². The van der Waals surface area contributed by atoms with Gasteiger partial charge in [0, 0.05) is 29.4 Å². The van der Waals surface area contributed by atoms with Crippen LogP contribution >= 0.6 is 0 Å². The van der Waals surface area contributed by atoms with E-state index in [1.165, 1.54) is 19.2 Å². The number of piperidine rings is 1. The maximum absolute atomic E-state index is 15.3. The molecule has 9 nitrogen and oxygen atoms in total. The predicted octanol–water partition coefficient (Wildman–Crippen LogP) is 5.68.